The van der Waals surface area contributed by atoms with Gasteiger partial charge in [0, 0.05) is 37.1 Å². The van der Waals surface area contributed by atoms with Gasteiger partial charge < -0.3 is 20.9 Å². The molecule has 0 radical (unpaired) electrons. The number of carbonyl (C=O) groups excluding carboxylic acids is 1. The zero-order valence-corrected chi connectivity index (χ0v) is 15.6. The minimum atomic E-state index is -0.214. The van der Waals surface area contributed by atoms with E-state index in [1.807, 2.05) is 49.5 Å². The molecule has 0 aliphatic carbocycles. The zero-order valence-electron chi connectivity index (χ0n) is 15.6. The molecule has 7 nitrogen and oxygen atoms in total. The predicted molar refractivity (Wildman–Crippen MR) is 111 cm³/mol. The van der Waals surface area contributed by atoms with Gasteiger partial charge in [0.1, 0.15) is 11.6 Å². The van der Waals surface area contributed by atoms with Gasteiger partial charge in [-0.2, -0.15) is 0 Å². The van der Waals surface area contributed by atoms with Crippen molar-refractivity contribution >= 4 is 39.8 Å². The summed E-state index contributed by atoms with van der Waals surface area (Å²) in [4.78, 5) is 24.2. The summed E-state index contributed by atoms with van der Waals surface area (Å²) < 4.78 is 0. The van der Waals surface area contributed by atoms with E-state index in [0.29, 0.717) is 22.9 Å². The molecule has 3 heterocycles. The first kappa shape index (κ1) is 17.5. The van der Waals surface area contributed by atoms with Crippen LogP contribution in [0, 0.1) is 6.92 Å². The maximum Gasteiger partial charge on any atom is 0.254 e. The normalized spacial score (nSPS) is 10.6. The number of fused-ring (bicyclic) bond motifs is 1. The highest BCUT2D eigenvalue weighted by Gasteiger charge is 2.14. The van der Waals surface area contributed by atoms with Gasteiger partial charge in [0.15, 0.2) is 0 Å². The van der Waals surface area contributed by atoms with Gasteiger partial charge in [0.2, 0.25) is 0 Å². The molecule has 1 aromatic carbocycles. The van der Waals surface area contributed by atoms with Crippen LogP contribution in [0.5, 0.6) is 0 Å². The summed E-state index contributed by atoms with van der Waals surface area (Å²) in [6, 6.07) is 13.6. The van der Waals surface area contributed by atoms with E-state index < -0.39 is 0 Å². The summed E-state index contributed by atoms with van der Waals surface area (Å²) in [6.45, 7) is 1.98. The van der Waals surface area contributed by atoms with Gasteiger partial charge >= 0.3 is 0 Å². The van der Waals surface area contributed by atoms with Crippen molar-refractivity contribution in [1.82, 2.24) is 20.3 Å². The number of aryl methyl sites for hydroxylation is 1. The smallest absolute Gasteiger partial charge is 0.254 e. The van der Waals surface area contributed by atoms with Crippen LogP contribution in [0.15, 0.2) is 61.1 Å². The molecule has 4 N–H and O–H groups in total. The number of anilines is 4. The van der Waals surface area contributed by atoms with Crippen molar-refractivity contribution in [2.24, 2.45) is 0 Å². The minimum absolute atomic E-state index is 0.214. The summed E-state index contributed by atoms with van der Waals surface area (Å²) in [7, 11) is 1.60. The molecule has 0 bridgehead atoms. The predicted octanol–water partition coefficient (Wildman–Crippen LogP) is 4.11. The summed E-state index contributed by atoms with van der Waals surface area (Å²) in [5.41, 5.74) is 4.02. The third-order valence-corrected chi connectivity index (χ3v) is 4.40. The maximum atomic E-state index is 12.3. The Morgan fingerprint density at radius 2 is 1.82 bits per heavy atom. The lowest BCUT2D eigenvalue weighted by molar-refractivity contribution is 0.0963. The summed E-state index contributed by atoms with van der Waals surface area (Å²) in [5.74, 6) is 1.06. The number of H-pyrrole nitrogens is 1. The van der Waals surface area contributed by atoms with Gasteiger partial charge in [-0.3, -0.25) is 4.79 Å². The Labute approximate surface area is 162 Å². The lowest BCUT2D eigenvalue weighted by atomic mass is 10.1. The summed E-state index contributed by atoms with van der Waals surface area (Å²) in [6.07, 6.45) is 5.22. The minimum Gasteiger partial charge on any atom is -0.359 e. The Hall–Kier alpha value is -3.87. The fourth-order valence-corrected chi connectivity index (χ4v) is 2.95. The molecule has 4 rings (SSSR count). The first-order valence-electron chi connectivity index (χ1n) is 8.89. The number of hydrogen-bond acceptors (Lipinski definition) is 5. The first-order valence-corrected chi connectivity index (χ1v) is 8.89. The van der Waals surface area contributed by atoms with Crippen LogP contribution in [-0.4, -0.2) is 27.9 Å². The number of nitrogens with zero attached hydrogens (tertiary/aromatic N) is 2. The summed E-state index contributed by atoms with van der Waals surface area (Å²) in [5, 5.41) is 10.3. The molecule has 0 aliphatic heterocycles. The number of benzene rings is 1. The molecule has 140 valence electrons. The molecule has 28 heavy (non-hydrogen) atoms. The van der Waals surface area contributed by atoms with E-state index in [2.05, 4.69) is 30.9 Å². The lowest BCUT2D eigenvalue weighted by Gasteiger charge is -2.14. The molecular formula is C21H20N6O. The van der Waals surface area contributed by atoms with Crippen LogP contribution in [0.25, 0.3) is 10.9 Å². The van der Waals surface area contributed by atoms with Crippen molar-refractivity contribution < 1.29 is 4.79 Å². The van der Waals surface area contributed by atoms with E-state index >= 15 is 0 Å². The number of carbonyl (C=O) groups is 1. The van der Waals surface area contributed by atoms with E-state index in [9.17, 15) is 4.79 Å². The average Bonchev–Trinajstić information content (AvgIpc) is 3.19. The fraction of sp³-hybridized carbons (Fsp3) is 0.0952. The van der Waals surface area contributed by atoms with Crippen LogP contribution in [0.1, 0.15) is 15.9 Å². The van der Waals surface area contributed by atoms with E-state index in [0.717, 1.165) is 22.2 Å². The van der Waals surface area contributed by atoms with Crippen LogP contribution < -0.4 is 16.0 Å². The number of nitrogens with one attached hydrogen (secondary N) is 4. The topological polar surface area (TPSA) is 94.7 Å². The van der Waals surface area contributed by atoms with Crippen molar-refractivity contribution in [2.45, 2.75) is 6.92 Å². The van der Waals surface area contributed by atoms with Gasteiger partial charge in [-0.05, 0) is 30.7 Å². The Balaban J connectivity index is 1.71. The van der Waals surface area contributed by atoms with Gasteiger partial charge in [0.25, 0.3) is 5.91 Å². The van der Waals surface area contributed by atoms with Crippen molar-refractivity contribution in [3.63, 3.8) is 0 Å². The van der Waals surface area contributed by atoms with E-state index in [4.69, 9.17) is 0 Å². The number of aromatic amines is 1. The maximum absolute atomic E-state index is 12.3. The number of para-hydroxylation sites is 1. The standard InChI is InChI=1S/C21H20N6O/c1-13-6-7-18(24-11-13)27-19-10-17(15(12-25-19)21(28)22-2)26-16-5-3-4-14-8-9-23-20(14)16/h3-12,23H,1-2H3,(H,22,28)(H2,24,25,26,27). The average molecular weight is 372 g/mol. The molecule has 0 saturated heterocycles. The van der Waals surface area contributed by atoms with Crippen molar-refractivity contribution in [2.75, 3.05) is 17.7 Å². The van der Waals surface area contributed by atoms with Gasteiger partial charge in [0.05, 0.1) is 22.5 Å². The molecule has 0 saturated carbocycles. The second kappa shape index (κ2) is 7.40. The van der Waals surface area contributed by atoms with E-state index in [1.165, 1.54) is 0 Å². The highest BCUT2D eigenvalue weighted by molar-refractivity contribution is 6.02. The molecule has 4 aromatic rings. The highest BCUT2D eigenvalue weighted by Crippen LogP contribution is 2.28. The van der Waals surface area contributed by atoms with Crippen molar-refractivity contribution in [3.8, 4) is 0 Å². The highest BCUT2D eigenvalue weighted by atomic mass is 16.1. The van der Waals surface area contributed by atoms with Crippen LogP contribution >= 0.6 is 0 Å². The first-order chi connectivity index (χ1) is 13.6. The van der Waals surface area contributed by atoms with Gasteiger partial charge in [-0.15, -0.1) is 0 Å². The van der Waals surface area contributed by atoms with Crippen LogP contribution in [0.2, 0.25) is 0 Å². The molecule has 0 spiro atoms. The monoisotopic (exact) mass is 372 g/mol. The van der Waals surface area contributed by atoms with Gasteiger partial charge in [-0.25, -0.2) is 9.97 Å². The third-order valence-electron chi connectivity index (χ3n) is 4.40. The quantitative estimate of drug-likeness (QED) is 0.423. The van der Waals surface area contributed by atoms with Gasteiger partial charge in [-0.1, -0.05) is 18.2 Å². The lowest BCUT2D eigenvalue weighted by Crippen LogP contribution is -2.19. The van der Waals surface area contributed by atoms with Crippen molar-refractivity contribution in [3.05, 3.63) is 72.2 Å². The second-order valence-corrected chi connectivity index (χ2v) is 6.41. The van der Waals surface area contributed by atoms with Crippen LogP contribution in [-0.2, 0) is 0 Å². The molecule has 1 amide bonds. The molecule has 0 atom stereocenters. The molecular weight excluding hydrogens is 352 g/mol. The SMILES string of the molecule is CNC(=O)c1cnc(Nc2ccc(C)cn2)cc1Nc1cccc2cc[nH]c12. The van der Waals surface area contributed by atoms with Crippen LogP contribution in [0.3, 0.4) is 0 Å². The largest absolute Gasteiger partial charge is 0.359 e. The number of pyridine rings is 2. The third kappa shape index (κ3) is 3.50. The number of hydrogen-bond donors (Lipinski definition) is 4. The number of amides is 1. The Kier molecular flexibility index (Phi) is 4.63. The van der Waals surface area contributed by atoms with Crippen molar-refractivity contribution in [1.29, 1.82) is 0 Å². The Morgan fingerprint density at radius 3 is 2.61 bits per heavy atom. The van der Waals surface area contributed by atoms with Crippen LogP contribution in [0.4, 0.5) is 23.0 Å². The molecule has 7 heteroatoms. The molecule has 0 fully saturated rings. The van der Waals surface area contributed by atoms with E-state index in [1.54, 1.807) is 25.5 Å². The number of aromatic nitrogens is 3. The Bertz CT molecular complexity index is 1130. The fourth-order valence-electron chi connectivity index (χ4n) is 2.95. The second-order valence-electron chi connectivity index (χ2n) is 6.41. The number of rotatable bonds is 5. The molecule has 0 aliphatic rings. The zero-order chi connectivity index (χ0) is 19.5. The Morgan fingerprint density at radius 1 is 0.964 bits per heavy atom. The molecule has 0 unspecified atom stereocenters. The van der Waals surface area contributed by atoms with E-state index in [-0.39, 0.29) is 5.91 Å². The molecule has 3 aromatic heterocycles. The summed E-state index contributed by atoms with van der Waals surface area (Å²) >= 11 is 0.